The standard InChI is InChI=1S/C21H25N3O4S/c1-14(2)20(21(26)22-16-8-4-3-5-9-16)24-29(27,28)17-11-12-18-15(13-17)7-6-10-19(25)23-18/h3-5,8-9,11-14,20,24H,6-7,10H2,1-2H3,(H,22,26)(H,23,25)/t20-/m1/s1. The average molecular weight is 416 g/mol. The number of sulfonamides is 1. The van der Waals surface area contributed by atoms with E-state index in [1.807, 2.05) is 6.07 Å². The lowest BCUT2D eigenvalue weighted by molar-refractivity contribution is -0.118. The van der Waals surface area contributed by atoms with Crippen molar-refractivity contribution < 1.29 is 18.0 Å². The summed E-state index contributed by atoms with van der Waals surface area (Å²) in [5.41, 5.74) is 2.00. The minimum atomic E-state index is -3.92. The number of rotatable bonds is 6. The van der Waals surface area contributed by atoms with Crippen LogP contribution in [0.25, 0.3) is 0 Å². The molecule has 0 saturated carbocycles. The maximum atomic E-state index is 13.0. The minimum Gasteiger partial charge on any atom is -0.326 e. The summed E-state index contributed by atoms with van der Waals surface area (Å²) in [7, 11) is -3.92. The molecule has 2 aromatic carbocycles. The van der Waals surface area contributed by atoms with Crippen molar-refractivity contribution in [1.82, 2.24) is 4.72 Å². The van der Waals surface area contributed by atoms with E-state index in [4.69, 9.17) is 0 Å². The van der Waals surface area contributed by atoms with Crippen LogP contribution in [0.5, 0.6) is 0 Å². The molecule has 0 saturated heterocycles. The summed E-state index contributed by atoms with van der Waals surface area (Å²) in [5.74, 6) is -0.750. The van der Waals surface area contributed by atoms with Crippen LogP contribution in [-0.4, -0.2) is 26.3 Å². The maximum Gasteiger partial charge on any atom is 0.242 e. The van der Waals surface area contributed by atoms with E-state index in [1.54, 1.807) is 50.2 Å². The number of carbonyl (C=O) groups excluding carboxylic acids is 2. The minimum absolute atomic E-state index is 0.0741. The Bertz CT molecular complexity index is 1000. The monoisotopic (exact) mass is 415 g/mol. The highest BCUT2D eigenvalue weighted by Gasteiger charge is 2.29. The Balaban J connectivity index is 1.81. The summed E-state index contributed by atoms with van der Waals surface area (Å²) in [6.45, 7) is 3.56. The van der Waals surface area contributed by atoms with Crippen LogP contribution in [0.1, 0.15) is 32.3 Å². The van der Waals surface area contributed by atoms with Gasteiger partial charge in [-0.05, 0) is 54.7 Å². The van der Waals surface area contributed by atoms with Gasteiger partial charge in [-0.3, -0.25) is 9.59 Å². The van der Waals surface area contributed by atoms with Gasteiger partial charge >= 0.3 is 0 Å². The molecule has 0 aromatic heterocycles. The van der Waals surface area contributed by atoms with Gasteiger partial charge in [0.15, 0.2) is 0 Å². The van der Waals surface area contributed by atoms with Crippen LogP contribution in [-0.2, 0) is 26.0 Å². The molecule has 1 aliphatic heterocycles. The van der Waals surface area contributed by atoms with Crippen molar-refractivity contribution in [2.45, 2.75) is 44.0 Å². The first kappa shape index (κ1) is 21.0. The lowest BCUT2D eigenvalue weighted by Crippen LogP contribution is -2.47. The van der Waals surface area contributed by atoms with Gasteiger partial charge < -0.3 is 10.6 Å². The van der Waals surface area contributed by atoms with Gasteiger partial charge in [0, 0.05) is 17.8 Å². The van der Waals surface area contributed by atoms with Gasteiger partial charge in [-0.2, -0.15) is 4.72 Å². The molecular weight excluding hydrogens is 390 g/mol. The predicted molar refractivity (Wildman–Crippen MR) is 112 cm³/mol. The first-order chi connectivity index (χ1) is 13.8. The molecule has 0 bridgehead atoms. The zero-order chi connectivity index (χ0) is 21.0. The largest absolute Gasteiger partial charge is 0.326 e. The number of aryl methyl sites for hydroxylation is 1. The molecule has 1 atom stereocenters. The van der Waals surface area contributed by atoms with Crippen LogP contribution in [0.3, 0.4) is 0 Å². The zero-order valence-electron chi connectivity index (χ0n) is 16.4. The summed E-state index contributed by atoms with van der Waals surface area (Å²) in [5, 5.41) is 5.53. The summed E-state index contributed by atoms with van der Waals surface area (Å²) in [4.78, 5) is 24.5. The third-order valence-electron chi connectivity index (χ3n) is 4.78. The SMILES string of the molecule is CC(C)[C@@H](NS(=O)(=O)c1ccc2c(c1)CCCC(=O)N2)C(=O)Nc1ccccc1. The van der Waals surface area contributed by atoms with E-state index in [1.165, 1.54) is 6.07 Å². The van der Waals surface area contributed by atoms with Gasteiger partial charge in [0.25, 0.3) is 0 Å². The second-order valence-corrected chi connectivity index (χ2v) is 9.13. The maximum absolute atomic E-state index is 13.0. The van der Waals surface area contributed by atoms with E-state index in [-0.39, 0.29) is 16.7 Å². The molecule has 8 heteroatoms. The van der Waals surface area contributed by atoms with Crippen LogP contribution in [0.4, 0.5) is 11.4 Å². The fourth-order valence-electron chi connectivity index (χ4n) is 3.19. The number of para-hydroxylation sites is 1. The summed E-state index contributed by atoms with van der Waals surface area (Å²) in [6.07, 6.45) is 1.67. The van der Waals surface area contributed by atoms with Crippen molar-refractivity contribution in [2.24, 2.45) is 5.92 Å². The number of nitrogens with one attached hydrogen (secondary N) is 3. The van der Waals surface area contributed by atoms with Crippen LogP contribution >= 0.6 is 0 Å². The van der Waals surface area contributed by atoms with Crippen molar-refractivity contribution in [2.75, 3.05) is 10.6 Å². The van der Waals surface area contributed by atoms with Crippen molar-refractivity contribution in [3.05, 3.63) is 54.1 Å². The van der Waals surface area contributed by atoms with Crippen LogP contribution in [0.15, 0.2) is 53.4 Å². The molecule has 1 heterocycles. The van der Waals surface area contributed by atoms with Crippen LogP contribution in [0.2, 0.25) is 0 Å². The normalized spacial score (nSPS) is 15.2. The molecule has 0 unspecified atom stereocenters. The third-order valence-corrected chi connectivity index (χ3v) is 6.22. The van der Waals surface area contributed by atoms with Gasteiger partial charge in [-0.1, -0.05) is 32.0 Å². The van der Waals surface area contributed by atoms with E-state index in [2.05, 4.69) is 15.4 Å². The second-order valence-electron chi connectivity index (χ2n) is 7.42. The number of carbonyl (C=O) groups is 2. The Morgan fingerprint density at radius 2 is 1.79 bits per heavy atom. The molecule has 0 radical (unpaired) electrons. The zero-order valence-corrected chi connectivity index (χ0v) is 17.3. The van der Waals surface area contributed by atoms with Gasteiger partial charge in [-0.15, -0.1) is 0 Å². The molecule has 3 N–H and O–H groups in total. The first-order valence-electron chi connectivity index (χ1n) is 9.57. The molecule has 154 valence electrons. The molecular formula is C21H25N3O4S. The van der Waals surface area contributed by atoms with Gasteiger partial charge in [0.1, 0.15) is 6.04 Å². The molecule has 2 aromatic rings. The van der Waals surface area contributed by atoms with Crippen molar-refractivity contribution in [3.8, 4) is 0 Å². The first-order valence-corrected chi connectivity index (χ1v) is 11.1. The van der Waals surface area contributed by atoms with Gasteiger partial charge in [0.05, 0.1) is 4.90 Å². The molecule has 0 spiro atoms. The highest BCUT2D eigenvalue weighted by molar-refractivity contribution is 7.89. The van der Waals surface area contributed by atoms with E-state index in [0.717, 1.165) is 5.56 Å². The van der Waals surface area contributed by atoms with Crippen molar-refractivity contribution in [3.63, 3.8) is 0 Å². The molecule has 7 nitrogen and oxygen atoms in total. The summed E-state index contributed by atoms with van der Waals surface area (Å²) < 4.78 is 28.5. The Morgan fingerprint density at radius 1 is 1.07 bits per heavy atom. The summed E-state index contributed by atoms with van der Waals surface area (Å²) >= 11 is 0. The predicted octanol–water partition coefficient (Wildman–Crippen LogP) is 2.90. The number of amides is 2. The lowest BCUT2D eigenvalue weighted by Gasteiger charge is -2.22. The quantitative estimate of drug-likeness (QED) is 0.675. The third kappa shape index (κ3) is 5.21. The summed E-state index contributed by atoms with van der Waals surface area (Å²) in [6, 6.07) is 12.6. The van der Waals surface area contributed by atoms with E-state index >= 15 is 0 Å². The Morgan fingerprint density at radius 3 is 2.48 bits per heavy atom. The Kier molecular flexibility index (Phi) is 6.34. The number of hydrogen-bond acceptors (Lipinski definition) is 4. The second kappa shape index (κ2) is 8.75. The fraction of sp³-hybridized carbons (Fsp3) is 0.333. The number of fused-ring (bicyclic) bond motifs is 1. The number of benzene rings is 2. The number of hydrogen-bond donors (Lipinski definition) is 3. The number of anilines is 2. The van der Waals surface area contributed by atoms with E-state index in [0.29, 0.717) is 30.6 Å². The molecule has 1 aliphatic rings. The average Bonchev–Trinajstić information content (AvgIpc) is 2.86. The topological polar surface area (TPSA) is 104 Å². The molecule has 29 heavy (non-hydrogen) atoms. The molecule has 0 aliphatic carbocycles. The van der Waals surface area contributed by atoms with Gasteiger partial charge in [-0.25, -0.2) is 8.42 Å². The Labute approximate surface area is 171 Å². The van der Waals surface area contributed by atoms with Gasteiger partial charge in [0.2, 0.25) is 21.8 Å². The molecule has 3 rings (SSSR count). The Hall–Kier alpha value is -2.71. The highest BCUT2D eigenvalue weighted by atomic mass is 32.2. The molecule has 0 fully saturated rings. The smallest absolute Gasteiger partial charge is 0.242 e. The van der Waals surface area contributed by atoms with E-state index in [9.17, 15) is 18.0 Å². The van der Waals surface area contributed by atoms with Crippen LogP contribution in [0, 0.1) is 5.92 Å². The molecule has 2 amide bonds. The fourth-order valence-corrected chi connectivity index (χ4v) is 4.58. The lowest BCUT2D eigenvalue weighted by atomic mass is 10.0. The van der Waals surface area contributed by atoms with Crippen molar-refractivity contribution in [1.29, 1.82) is 0 Å². The highest BCUT2D eigenvalue weighted by Crippen LogP contribution is 2.25. The van der Waals surface area contributed by atoms with Crippen LogP contribution < -0.4 is 15.4 Å². The van der Waals surface area contributed by atoms with E-state index < -0.39 is 22.0 Å². The van der Waals surface area contributed by atoms with Crippen molar-refractivity contribution >= 4 is 33.2 Å².